The van der Waals surface area contributed by atoms with Gasteiger partial charge in [-0.15, -0.1) is 0 Å². The zero-order chi connectivity index (χ0) is 25.0. The van der Waals surface area contributed by atoms with Crippen molar-refractivity contribution in [3.05, 3.63) is 117 Å². The van der Waals surface area contributed by atoms with Crippen LogP contribution in [0, 0.1) is 47.2 Å². The van der Waals surface area contributed by atoms with Crippen LogP contribution in [0.15, 0.2) is 72.8 Å². The molecule has 8 heteroatoms. The van der Waals surface area contributed by atoms with E-state index in [2.05, 4.69) is 0 Å². The zero-order valence-corrected chi connectivity index (χ0v) is 18.3. The fraction of sp³-hybridized carbons (Fsp3) is 0.0769. The lowest BCUT2D eigenvalue weighted by Gasteiger charge is -2.06. The van der Waals surface area contributed by atoms with Crippen molar-refractivity contribution >= 4 is 11.4 Å². The van der Waals surface area contributed by atoms with Crippen LogP contribution in [0.25, 0.3) is 22.3 Å². The first-order valence-electron chi connectivity index (χ1n) is 10.1. The maximum Gasteiger partial charge on any atom is 0.272 e. The van der Waals surface area contributed by atoms with Gasteiger partial charge in [-0.25, -0.2) is 17.6 Å². The minimum absolute atomic E-state index is 0.0868. The van der Waals surface area contributed by atoms with E-state index in [1.807, 2.05) is 13.0 Å². The summed E-state index contributed by atoms with van der Waals surface area (Å²) in [6, 6.07) is 16.3. The molecular weight excluding hydrogens is 448 g/mol. The second-order valence-corrected chi connectivity index (χ2v) is 7.58. The molecule has 0 amide bonds. The molecular formula is C26H20F4N2O2. The van der Waals surface area contributed by atoms with Gasteiger partial charge in [0.05, 0.1) is 4.92 Å². The number of anilines is 1. The number of aryl methyl sites for hydroxylation is 2. The summed E-state index contributed by atoms with van der Waals surface area (Å²) < 4.78 is 52.6. The number of hydrogen-bond donors (Lipinski definition) is 1. The van der Waals surface area contributed by atoms with Crippen molar-refractivity contribution in [2.24, 2.45) is 0 Å². The monoisotopic (exact) mass is 468 g/mol. The van der Waals surface area contributed by atoms with Crippen molar-refractivity contribution in [2.45, 2.75) is 13.8 Å². The van der Waals surface area contributed by atoms with E-state index < -0.39 is 28.2 Å². The predicted octanol–water partition coefficient (Wildman–Crippen LogP) is 7.37. The molecule has 4 rings (SSSR count). The number of hydrogen-bond acceptors (Lipinski definition) is 3. The van der Waals surface area contributed by atoms with Crippen LogP contribution in [0.1, 0.15) is 11.1 Å². The highest BCUT2D eigenvalue weighted by atomic mass is 19.1. The molecule has 4 aromatic rings. The lowest BCUT2D eigenvalue weighted by atomic mass is 10.0. The van der Waals surface area contributed by atoms with Gasteiger partial charge in [-0.05, 0) is 60.9 Å². The first-order chi connectivity index (χ1) is 16.1. The number of nitro groups is 1. The largest absolute Gasteiger partial charge is 0.398 e. The Labute approximate surface area is 193 Å². The van der Waals surface area contributed by atoms with Crippen LogP contribution in [0.3, 0.4) is 0 Å². The van der Waals surface area contributed by atoms with Crippen LogP contribution in [0.5, 0.6) is 0 Å². The Hall–Kier alpha value is -4.20. The molecule has 0 aromatic heterocycles. The van der Waals surface area contributed by atoms with Crippen molar-refractivity contribution in [3.8, 4) is 22.3 Å². The molecule has 0 aliphatic rings. The second kappa shape index (κ2) is 10.2. The number of nitro benzene ring substituents is 1. The van der Waals surface area contributed by atoms with Crippen LogP contribution in [0.4, 0.5) is 28.9 Å². The van der Waals surface area contributed by atoms with Crippen molar-refractivity contribution in [1.82, 2.24) is 0 Å². The standard InChI is InChI=1S/C13H9F2NO2.C13H11F2N/c1-8-2-3-9(6-13(8)16(17)18)11-5-4-10(14)7-12(11)15;1-8-2-3-9(6-13(8)16)11-5-4-10(14)7-12(11)15/h2-7H,1H3;2-7H,16H2,1H3. The van der Waals surface area contributed by atoms with Crippen LogP contribution in [-0.2, 0) is 0 Å². The lowest BCUT2D eigenvalue weighted by molar-refractivity contribution is -0.385. The zero-order valence-electron chi connectivity index (χ0n) is 18.3. The number of rotatable bonds is 3. The Kier molecular flexibility index (Phi) is 7.31. The smallest absolute Gasteiger partial charge is 0.272 e. The van der Waals surface area contributed by atoms with Crippen LogP contribution < -0.4 is 5.73 Å². The number of nitrogens with zero attached hydrogens (tertiary/aromatic N) is 1. The normalized spacial score (nSPS) is 10.4. The number of halogens is 4. The maximum atomic E-state index is 13.6. The van der Waals surface area contributed by atoms with E-state index in [1.165, 1.54) is 30.3 Å². The molecule has 34 heavy (non-hydrogen) atoms. The molecule has 0 bridgehead atoms. The highest BCUT2D eigenvalue weighted by Crippen LogP contribution is 2.29. The van der Waals surface area contributed by atoms with Gasteiger partial charge in [0, 0.05) is 40.6 Å². The van der Waals surface area contributed by atoms with Crippen molar-refractivity contribution in [2.75, 3.05) is 5.73 Å². The molecule has 174 valence electrons. The van der Waals surface area contributed by atoms with Crippen molar-refractivity contribution in [3.63, 3.8) is 0 Å². The second-order valence-electron chi connectivity index (χ2n) is 7.58. The minimum Gasteiger partial charge on any atom is -0.398 e. The molecule has 0 saturated heterocycles. The molecule has 0 heterocycles. The van der Waals surface area contributed by atoms with Gasteiger partial charge in [-0.1, -0.05) is 24.3 Å². The summed E-state index contributed by atoms with van der Waals surface area (Å²) in [4.78, 5) is 10.3. The molecule has 0 radical (unpaired) electrons. The summed E-state index contributed by atoms with van der Waals surface area (Å²) in [7, 11) is 0. The lowest BCUT2D eigenvalue weighted by Crippen LogP contribution is -1.93. The summed E-state index contributed by atoms with van der Waals surface area (Å²) in [6.07, 6.45) is 0. The van der Waals surface area contributed by atoms with E-state index in [-0.39, 0.29) is 11.3 Å². The van der Waals surface area contributed by atoms with Gasteiger partial charge >= 0.3 is 0 Å². The highest BCUT2D eigenvalue weighted by Gasteiger charge is 2.14. The average molecular weight is 468 g/mol. The Bertz CT molecular complexity index is 1370. The van der Waals surface area contributed by atoms with E-state index in [0.717, 1.165) is 23.8 Å². The average Bonchev–Trinajstić information content (AvgIpc) is 2.77. The number of benzene rings is 4. The summed E-state index contributed by atoms with van der Waals surface area (Å²) in [6.45, 7) is 3.48. The van der Waals surface area contributed by atoms with Crippen molar-refractivity contribution < 1.29 is 22.5 Å². The summed E-state index contributed by atoms with van der Waals surface area (Å²) in [5.41, 5.74) is 9.18. The first kappa shape index (κ1) is 24.4. The van der Waals surface area contributed by atoms with Crippen LogP contribution in [0.2, 0.25) is 0 Å². The van der Waals surface area contributed by atoms with Crippen LogP contribution in [-0.4, -0.2) is 4.92 Å². The van der Waals surface area contributed by atoms with Gasteiger partial charge in [-0.3, -0.25) is 10.1 Å². The Balaban J connectivity index is 0.000000192. The molecule has 0 atom stereocenters. The molecule has 0 aliphatic carbocycles. The van der Waals surface area contributed by atoms with E-state index in [1.54, 1.807) is 25.1 Å². The third-order valence-corrected chi connectivity index (χ3v) is 5.17. The van der Waals surface area contributed by atoms with Gasteiger partial charge in [0.25, 0.3) is 5.69 Å². The fourth-order valence-electron chi connectivity index (χ4n) is 3.23. The summed E-state index contributed by atoms with van der Waals surface area (Å²) in [5, 5.41) is 10.8. The molecule has 2 N–H and O–H groups in total. The van der Waals surface area contributed by atoms with E-state index in [4.69, 9.17) is 5.73 Å². The molecule has 0 fully saturated rings. The third-order valence-electron chi connectivity index (χ3n) is 5.17. The highest BCUT2D eigenvalue weighted by molar-refractivity contribution is 5.69. The van der Waals surface area contributed by atoms with Crippen molar-refractivity contribution in [1.29, 1.82) is 0 Å². The van der Waals surface area contributed by atoms with Gasteiger partial charge in [0.15, 0.2) is 0 Å². The van der Waals surface area contributed by atoms with E-state index >= 15 is 0 Å². The van der Waals surface area contributed by atoms with Gasteiger partial charge in [-0.2, -0.15) is 0 Å². The third kappa shape index (κ3) is 5.58. The Morgan fingerprint density at radius 1 is 0.676 bits per heavy atom. The number of nitrogen functional groups attached to an aromatic ring is 1. The quantitative estimate of drug-likeness (QED) is 0.148. The Morgan fingerprint density at radius 3 is 1.59 bits per heavy atom. The molecule has 4 aromatic carbocycles. The SMILES string of the molecule is Cc1ccc(-c2ccc(F)cc2F)cc1N.Cc1ccc(-c2ccc(F)cc2F)cc1[N+](=O)[O-]. The molecule has 4 nitrogen and oxygen atoms in total. The molecule has 0 saturated carbocycles. The predicted molar refractivity (Wildman–Crippen MR) is 124 cm³/mol. The van der Waals surface area contributed by atoms with Gasteiger partial charge < -0.3 is 5.73 Å². The molecule has 0 spiro atoms. The Morgan fingerprint density at radius 2 is 1.15 bits per heavy atom. The fourth-order valence-corrected chi connectivity index (χ4v) is 3.23. The van der Waals surface area contributed by atoms with E-state index in [9.17, 15) is 27.7 Å². The number of nitrogens with two attached hydrogens (primary N) is 1. The summed E-state index contributed by atoms with van der Waals surface area (Å²) in [5.74, 6) is -2.59. The first-order valence-corrected chi connectivity index (χ1v) is 10.1. The summed E-state index contributed by atoms with van der Waals surface area (Å²) >= 11 is 0. The topological polar surface area (TPSA) is 69.2 Å². The van der Waals surface area contributed by atoms with Crippen LogP contribution >= 0.6 is 0 Å². The van der Waals surface area contributed by atoms with E-state index in [0.29, 0.717) is 27.9 Å². The minimum atomic E-state index is -0.742. The molecule has 0 unspecified atom stereocenters. The van der Waals surface area contributed by atoms with Gasteiger partial charge in [0.1, 0.15) is 23.3 Å². The maximum absolute atomic E-state index is 13.6. The van der Waals surface area contributed by atoms with Gasteiger partial charge in [0.2, 0.25) is 0 Å². The molecule has 0 aliphatic heterocycles.